The molecule has 5 rings (SSSR count). The molecule has 1 amide bonds. The minimum absolute atomic E-state index is 0.0318. The lowest BCUT2D eigenvalue weighted by Gasteiger charge is -2.25. The molecular weight excluding hydrogens is 384 g/mol. The van der Waals surface area contributed by atoms with Crippen molar-refractivity contribution in [3.8, 4) is 10.9 Å². The second kappa shape index (κ2) is 7.33. The first-order chi connectivity index (χ1) is 14.2. The molecule has 29 heavy (non-hydrogen) atoms. The minimum Gasteiger partial charge on any atom is -0.493 e. The number of amides is 1. The zero-order valence-electron chi connectivity index (χ0n) is 16.0. The standard InChI is InChI=1S/C22H20N4O2S/c1-2-11-28-18-9-5-3-7-14(18)15-12-20(27)25-21-16(15)13-23-26(21)22-24-17-8-4-6-10-19(17)29-22/h3-10,13,15H,2,11-12H2,1H3,(H,25,27). The quantitative estimate of drug-likeness (QED) is 0.521. The average Bonchev–Trinajstić information content (AvgIpc) is 3.35. The van der Waals surface area contributed by atoms with Crippen LogP contribution in [0.3, 0.4) is 0 Å². The molecule has 0 aliphatic carbocycles. The molecule has 6 nitrogen and oxygen atoms in total. The second-order valence-corrected chi connectivity index (χ2v) is 8.02. The van der Waals surface area contributed by atoms with Crippen LogP contribution in [0.5, 0.6) is 5.75 Å². The summed E-state index contributed by atoms with van der Waals surface area (Å²) < 4.78 is 8.77. The lowest BCUT2D eigenvalue weighted by atomic mass is 9.87. The van der Waals surface area contributed by atoms with Crippen molar-refractivity contribution in [3.63, 3.8) is 0 Å². The first-order valence-corrected chi connectivity index (χ1v) is 10.5. The Morgan fingerprint density at radius 1 is 1.17 bits per heavy atom. The molecular formula is C22H20N4O2S. The highest BCUT2D eigenvalue weighted by molar-refractivity contribution is 7.20. The maximum absolute atomic E-state index is 12.6. The Balaban J connectivity index is 1.59. The van der Waals surface area contributed by atoms with Gasteiger partial charge in [0.2, 0.25) is 11.0 Å². The third-order valence-corrected chi connectivity index (χ3v) is 6.05. The van der Waals surface area contributed by atoms with Crippen LogP contribution in [0, 0.1) is 0 Å². The van der Waals surface area contributed by atoms with Gasteiger partial charge in [-0.3, -0.25) is 4.79 Å². The summed E-state index contributed by atoms with van der Waals surface area (Å²) in [6, 6.07) is 15.9. The van der Waals surface area contributed by atoms with Crippen molar-refractivity contribution in [1.82, 2.24) is 14.8 Å². The van der Waals surface area contributed by atoms with Crippen molar-refractivity contribution in [2.75, 3.05) is 11.9 Å². The summed E-state index contributed by atoms with van der Waals surface area (Å²) in [6.07, 6.45) is 3.13. The first-order valence-electron chi connectivity index (χ1n) is 9.70. The van der Waals surface area contributed by atoms with Gasteiger partial charge in [-0.15, -0.1) is 0 Å². The molecule has 7 heteroatoms. The van der Waals surface area contributed by atoms with Crippen LogP contribution in [0.25, 0.3) is 15.3 Å². The van der Waals surface area contributed by atoms with Crippen LogP contribution < -0.4 is 10.1 Å². The number of para-hydroxylation sites is 2. The number of benzene rings is 2. The Labute approximate surface area is 172 Å². The molecule has 2 aromatic carbocycles. The van der Waals surface area contributed by atoms with Gasteiger partial charge in [0.15, 0.2) is 0 Å². The Bertz CT molecular complexity index is 1160. The van der Waals surface area contributed by atoms with Crippen LogP contribution >= 0.6 is 11.3 Å². The van der Waals surface area contributed by atoms with Crippen LogP contribution in [0.2, 0.25) is 0 Å². The molecule has 3 heterocycles. The van der Waals surface area contributed by atoms with E-state index in [0.29, 0.717) is 18.8 Å². The molecule has 0 saturated carbocycles. The molecule has 4 aromatic rings. The Hall–Kier alpha value is -3.19. The molecule has 1 atom stereocenters. The van der Waals surface area contributed by atoms with E-state index in [1.54, 1.807) is 16.0 Å². The highest BCUT2D eigenvalue weighted by Crippen LogP contribution is 2.42. The summed E-state index contributed by atoms with van der Waals surface area (Å²) >= 11 is 1.55. The summed E-state index contributed by atoms with van der Waals surface area (Å²) in [7, 11) is 0. The summed E-state index contributed by atoms with van der Waals surface area (Å²) in [4.78, 5) is 17.3. The predicted molar refractivity (Wildman–Crippen MR) is 114 cm³/mol. The van der Waals surface area contributed by atoms with Crippen molar-refractivity contribution in [2.45, 2.75) is 25.7 Å². The highest BCUT2D eigenvalue weighted by atomic mass is 32.1. The Morgan fingerprint density at radius 2 is 2.00 bits per heavy atom. The number of ether oxygens (including phenoxy) is 1. The van der Waals surface area contributed by atoms with E-state index in [0.717, 1.165) is 38.6 Å². The van der Waals surface area contributed by atoms with E-state index < -0.39 is 0 Å². The number of thiazole rings is 1. The van der Waals surface area contributed by atoms with Crippen LogP contribution in [0.15, 0.2) is 54.7 Å². The summed E-state index contributed by atoms with van der Waals surface area (Å²) in [5, 5.41) is 8.32. The van der Waals surface area contributed by atoms with E-state index in [2.05, 4.69) is 22.3 Å². The molecule has 0 saturated heterocycles. The maximum atomic E-state index is 12.6. The Kier molecular flexibility index (Phi) is 4.52. The molecule has 0 fully saturated rings. The van der Waals surface area contributed by atoms with Crippen molar-refractivity contribution in [2.24, 2.45) is 0 Å². The van der Waals surface area contributed by atoms with Gasteiger partial charge in [0.05, 0.1) is 23.0 Å². The normalized spacial score (nSPS) is 15.9. The van der Waals surface area contributed by atoms with Gasteiger partial charge in [0.1, 0.15) is 11.6 Å². The number of nitrogens with zero attached hydrogens (tertiary/aromatic N) is 3. The van der Waals surface area contributed by atoms with E-state index in [-0.39, 0.29) is 11.8 Å². The molecule has 1 aliphatic heterocycles. The van der Waals surface area contributed by atoms with Gasteiger partial charge in [-0.1, -0.05) is 48.6 Å². The van der Waals surface area contributed by atoms with Crippen LogP contribution in [0.4, 0.5) is 5.82 Å². The van der Waals surface area contributed by atoms with Crippen molar-refractivity contribution >= 4 is 33.3 Å². The van der Waals surface area contributed by atoms with Crippen LogP contribution in [0.1, 0.15) is 36.8 Å². The molecule has 146 valence electrons. The number of carbonyl (C=O) groups is 1. The van der Waals surface area contributed by atoms with Gasteiger partial charge in [-0.2, -0.15) is 9.78 Å². The van der Waals surface area contributed by atoms with E-state index in [1.165, 1.54) is 0 Å². The van der Waals surface area contributed by atoms with Crippen molar-refractivity contribution < 1.29 is 9.53 Å². The molecule has 0 spiro atoms. The topological polar surface area (TPSA) is 69.0 Å². The van der Waals surface area contributed by atoms with Gasteiger partial charge in [-0.05, 0) is 24.6 Å². The second-order valence-electron chi connectivity index (χ2n) is 7.02. The number of anilines is 1. The lowest BCUT2D eigenvalue weighted by molar-refractivity contribution is -0.116. The zero-order chi connectivity index (χ0) is 19.8. The largest absolute Gasteiger partial charge is 0.493 e. The maximum Gasteiger partial charge on any atom is 0.226 e. The number of carbonyl (C=O) groups excluding carboxylic acids is 1. The summed E-state index contributed by atoms with van der Waals surface area (Å²) in [5.74, 6) is 1.38. The number of aromatic nitrogens is 3. The third-order valence-electron chi connectivity index (χ3n) is 5.04. The zero-order valence-corrected chi connectivity index (χ0v) is 16.8. The fourth-order valence-electron chi connectivity index (χ4n) is 3.70. The lowest BCUT2D eigenvalue weighted by Crippen LogP contribution is -2.25. The molecule has 1 N–H and O–H groups in total. The van der Waals surface area contributed by atoms with Gasteiger partial charge in [0.25, 0.3) is 0 Å². The SMILES string of the molecule is CCCOc1ccccc1C1CC(=O)Nc2c1cnn2-c1nc2ccccc2s1. The van der Waals surface area contributed by atoms with E-state index in [1.807, 2.05) is 54.7 Å². The minimum atomic E-state index is -0.102. The van der Waals surface area contributed by atoms with Crippen molar-refractivity contribution in [3.05, 3.63) is 65.9 Å². The smallest absolute Gasteiger partial charge is 0.226 e. The van der Waals surface area contributed by atoms with Crippen molar-refractivity contribution in [1.29, 1.82) is 0 Å². The fraction of sp³-hybridized carbons (Fsp3) is 0.227. The van der Waals surface area contributed by atoms with E-state index in [4.69, 9.17) is 4.74 Å². The number of hydrogen-bond acceptors (Lipinski definition) is 5. The van der Waals surface area contributed by atoms with Gasteiger partial charge >= 0.3 is 0 Å². The third kappa shape index (κ3) is 3.17. The fourth-order valence-corrected chi connectivity index (χ4v) is 4.64. The molecule has 1 unspecified atom stereocenters. The molecule has 2 aromatic heterocycles. The molecule has 0 bridgehead atoms. The summed E-state index contributed by atoms with van der Waals surface area (Å²) in [5.41, 5.74) is 2.92. The highest BCUT2D eigenvalue weighted by Gasteiger charge is 2.32. The number of hydrogen-bond donors (Lipinski definition) is 1. The average molecular weight is 404 g/mol. The monoisotopic (exact) mass is 404 g/mol. The van der Waals surface area contributed by atoms with Gasteiger partial charge in [-0.25, -0.2) is 4.98 Å². The van der Waals surface area contributed by atoms with Gasteiger partial charge in [0, 0.05) is 23.5 Å². The molecule has 0 radical (unpaired) electrons. The number of rotatable bonds is 5. The van der Waals surface area contributed by atoms with Crippen LogP contribution in [-0.2, 0) is 4.79 Å². The predicted octanol–water partition coefficient (Wildman–Crippen LogP) is 4.74. The molecule has 1 aliphatic rings. The van der Waals surface area contributed by atoms with Gasteiger partial charge < -0.3 is 10.1 Å². The van der Waals surface area contributed by atoms with E-state index >= 15 is 0 Å². The first kappa shape index (κ1) is 17.9. The summed E-state index contributed by atoms with van der Waals surface area (Å²) in [6.45, 7) is 2.73. The Morgan fingerprint density at radius 3 is 2.86 bits per heavy atom. The number of nitrogens with one attached hydrogen (secondary N) is 1. The van der Waals surface area contributed by atoms with E-state index in [9.17, 15) is 4.79 Å². The number of fused-ring (bicyclic) bond motifs is 2. The van der Waals surface area contributed by atoms with Crippen LogP contribution in [-0.4, -0.2) is 27.3 Å².